The van der Waals surface area contributed by atoms with Gasteiger partial charge in [0.25, 0.3) is 0 Å². The molecule has 0 saturated carbocycles. The van der Waals surface area contributed by atoms with Crippen LogP contribution in [0.3, 0.4) is 0 Å². The Morgan fingerprint density at radius 1 is 1.44 bits per heavy atom. The van der Waals surface area contributed by atoms with Gasteiger partial charge in [-0.15, -0.1) is 11.3 Å². The van der Waals surface area contributed by atoms with Crippen LogP contribution in [-0.2, 0) is 13.5 Å². The smallest absolute Gasteiger partial charge is 0.125 e. The van der Waals surface area contributed by atoms with Gasteiger partial charge in [-0.2, -0.15) is 0 Å². The van der Waals surface area contributed by atoms with E-state index in [0.29, 0.717) is 0 Å². The fourth-order valence-electron chi connectivity index (χ4n) is 1.66. The number of aryl methyl sites for hydroxylation is 1. The van der Waals surface area contributed by atoms with Crippen LogP contribution in [0.1, 0.15) is 23.8 Å². The van der Waals surface area contributed by atoms with Crippen molar-refractivity contribution >= 4 is 11.3 Å². The van der Waals surface area contributed by atoms with Crippen molar-refractivity contribution in [2.24, 2.45) is 7.05 Å². The number of rotatable bonds is 5. The molecule has 0 aliphatic rings. The first-order valence-corrected chi connectivity index (χ1v) is 6.24. The Morgan fingerprint density at radius 2 is 2.31 bits per heavy atom. The lowest BCUT2D eigenvalue weighted by Gasteiger charge is -2.12. The van der Waals surface area contributed by atoms with Crippen LogP contribution in [0.4, 0.5) is 0 Å². The van der Waals surface area contributed by atoms with Crippen LogP contribution in [-0.4, -0.2) is 21.1 Å². The molecule has 86 valence electrons. The zero-order valence-corrected chi connectivity index (χ0v) is 10.4. The monoisotopic (exact) mass is 236 g/mol. The van der Waals surface area contributed by atoms with Crippen molar-refractivity contribution < 1.29 is 0 Å². The van der Waals surface area contributed by atoms with E-state index < -0.39 is 0 Å². The van der Waals surface area contributed by atoms with Crippen LogP contribution in [0, 0.1) is 0 Å². The number of nitrogens with one attached hydrogen (secondary N) is 1. The van der Waals surface area contributed by atoms with E-state index in [9.17, 15) is 0 Å². The Hall–Kier alpha value is -1.20. The van der Waals surface area contributed by atoms with Gasteiger partial charge in [0.1, 0.15) is 5.82 Å². The van der Waals surface area contributed by atoms with Gasteiger partial charge < -0.3 is 9.88 Å². The van der Waals surface area contributed by atoms with Gasteiger partial charge in [0, 0.05) is 44.0 Å². The van der Waals surface area contributed by atoms with Gasteiger partial charge in [0.2, 0.25) is 0 Å². The SMILES string of the molecule is CC(NCCc1nccs1)c1nccn1C. The van der Waals surface area contributed by atoms with E-state index in [4.69, 9.17) is 0 Å². The highest BCUT2D eigenvalue weighted by Gasteiger charge is 2.08. The molecule has 0 spiro atoms. The molecule has 0 fully saturated rings. The molecule has 0 aliphatic heterocycles. The molecule has 0 aliphatic carbocycles. The molecule has 1 atom stereocenters. The molecular weight excluding hydrogens is 220 g/mol. The van der Waals surface area contributed by atoms with Crippen molar-refractivity contribution in [3.8, 4) is 0 Å². The highest BCUT2D eigenvalue weighted by Crippen LogP contribution is 2.09. The lowest BCUT2D eigenvalue weighted by Crippen LogP contribution is -2.23. The van der Waals surface area contributed by atoms with Crippen molar-refractivity contribution in [3.63, 3.8) is 0 Å². The van der Waals surface area contributed by atoms with Gasteiger partial charge in [-0.05, 0) is 6.92 Å². The second-order valence-electron chi connectivity index (χ2n) is 3.75. The Balaban J connectivity index is 1.80. The number of nitrogens with zero attached hydrogens (tertiary/aromatic N) is 3. The molecule has 1 unspecified atom stereocenters. The van der Waals surface area contributed by atoms with E-state index in [1.54, 1.807) is 11.3 Å². The molecule has 0 aromatic carbocycles. The number of hydrogen-bond acceptors (Lipinski definition) is 4. The second kappa shape index (κ2) is 5.23. The summed E-state index contributed by atoms with van der Waals surface area (Å²) in [6, 6.07) is 0.278. The molecule has 0 radical (unpaired) electrons. The summed E-state index contributed by atoms with van der Waals surface area (Å²) in [5, 5.41) is 6.64. The summed E-state index contributed by atoms with van der Waals surface area (Å²) in [6.07, 6.45) is 6.62. The molecule has 0 amide bonds. The summed E-state index contributed by atoms with van der Waals surface area (Å²) in [5.41, 5.74) is 0. The maximum absolute atomic E-state index is 4.32. The second-order valence-corrected chi connectivity index (χ2v) is 4.73. The highest BCUT2D eigenvalue weighted by atomic mass is 32.1. The molecule has 1 N–H and O–H groups in total. The summed E-state index contributed by atoms with van der Waals surface area (Å²) in [4.78, 5) is 8.57. The van der Waals surface area contributed by atoms with Crippen molar-refractivity contribution in [3.05, 3.63) is 34.8 Å². The minimum Gasteiger partial charge on any atom is -0.337 e. The highest BCUT2D eigenvalue weighted by molar-refractivity contribution is 7.09. The minimum atomic E-state index is 0.278. The van der Waals surface area contributed by atoms with Gasteiger partial charge >= 0.3 is 0 Å². The maximum Gasteiger partial charge on any atom is 0.125 e. The van der Waals surface area contributed by atoms with Gasteiger partial charge in [-0.25, -0.2) is 9.97 Å². The Bertz CT molecular complexity index is 421. The first-order chi connectivity index (χ1) is 7.77. The van der Waals surface area contributed by atoms with E-state index in [1.165, 1.54) is 5.01 Å². The van der Waals surface area contributed by atoms with E-state index in [2.05, 4.69) is 22.2 Å². The van der Waals surface area contributed by atoms with Crippen molar-refractivity contribution in [1.82, 2.24) is 19.9 Å². The number of aromatic nitrogens is 3. The third-order valence-electron chi connectivity index (χ3n) is 2.52. The fourth-order valence-corrected chi connectivity index (χ4v) is 2.28. The molecule has 16 heavy (non-hydrogen) atoms. The van der Waals surface area contributed by atoms with E-state index in [-0.39, 0.29) is 6.04 Å². The summed E-state index contributed by atoms with van der Waals surface area (Å²) in [7, 11) is 2.02. The van der Waals surface area contributed by atoms with Crippen LogP contribution in [0.5, 0.6) is 0 Å². The van der Waals surface area contributed by atoms with E-state index in [0.717, 1.165) is 18.8 Å². The normalized spacial score (nSPS) is 12.9. The minimum absolute atomic E-state index is 0.278. The quantitative estimate of drug-likeness (QED) is 0.860. The molecule has 4 nitrogen and oxygen atoms in total. The largest absolute Gasteiger partial charge is 0.337 e. The number of imidazole rings is 1. The lowest BCUT2D eigenvalue weighted by molar-refractivity contribution is 0.533. The third-order valence-corrected chi connectivity index (χ3v) is 3.36. The average Bonchev–Trinajstić information content (AvgIpc) is 2.88. The van der Waals surface area contributed by atoms with Crippen molar-refractivity contribution in [2.45, 2.75) is 19.4 Å². The van der Waals surface area contributed by atoms with Crippen molar-refractivity contribution in [1.29, 1.82) is 0 Å². The van der Waals surface area contributed by atoms with Crippen LogP contribution in [0.15, 0.2) is 24.0 Å². The predicted molar refractivity (Wildman–Crippen MR) is 65.4 cm³/mol. The first-order valence-electron chi connectivity index (χ1n) is 5.36. The van der Waals surface area contributed by atoms with Gasteiger partial charge in [-0.1, -0.05) is 0 Å². The average molecular weight is 236 g/mol. The summed E-state index contributed by atoms with van der Waals surface area (Å²) in [5.74, 6) is 1.07. The first kappa shape index (κ1) is 11.3. The Kier molecular flexibility index (Phi) is 3.69. The standard InChI is InChI=1S/C11H16N4S/c1-9(11-14-5-7-15(11)2)12-4-3-10-13-6-8-16-10/h5-9,12H,3-4H2,1-2H3. The van der Waals surface area contributed by atoms with Crippen LogP contribution in [0.25, 0.3) is 0 Å². The Morgan fingerprint density at radius 3 is 2.94 bits per heavy atom. The zero-order chi connectivity index (χ0) is 11.4. The molecule has 5 heteroatoms. The number of hydrogen-bond donors (Lipinski definition) is 1. The molecule has 2 heterocycles. The van der Waals surface area contributed by atoms with Gasteiger partial charge in [0.15, 0.2) is 0 Å². The van der Waals surface area contributed by atoms with Crippen LogP contribution in [0.2, 0.25) is 0 Å². The third kappa shape index (κ3) is 2.68. The van der Waals surface area contributed by atoms with E-state index >= 15 is 0 Å². The molecular formula is C11H16N4S. The summed E-state index contributed by atoms with van der Waals surface area (Å²) in [6.45, 7) is 3.06. The Labute approximate surface area is 99.4 Å². The number of thiazole rings is 1. The predicted octanol–water partition coefficient (Wildman–Crippen LogP) is 1.77. The lowest BCUT2D eigenvalue weighted by atomic mass is 10.3. The molecule has 0 bridgehead atoms. The topological polar surface area (TPSA) is 42.7 Å². The van der Waals surface area contributed by atoms with Gasteiger partial charge in [-0.3, -0.25) is 0 Å². The summed E-state index contributed by atoms with van der Waals surface area (Å²) < 4.78 is 2.04. The molecule has 2 aromatic rings. The fraction of sp³-hybridized carbons (Fsp3) is 0.455. The molecule has 0 saturated heterocycles. The molecule has 2 rings (SSSR count). The zero-order valence-electron chi connectivity index (χ0n) is 9.55. The van der Waals surface area contributed by atoms with Crippen LogP contribution >= 0.6 is 11.3 Å². The van der Waals surface area contributed by atoms with Crippen LogP contribution < -0.4 is 5.32 Å². The van der Waals surface area contributed by atoms with E-state index in [1.807, 2.05) is 35.6 Å². The molecule has 2 aromatic heterocycles. The summed E-state index contributed by atoms with van der Waals surface area (Å²) >= 11 is 1.70. The van der Waals surface area contributed by atoms with Crippen molar-refractivity contribution in [2.75, 3.05) is 6.54 Å². The maximum atomic E-state index is 4.32. The van der Waals surface area contributed by atoms with Gasteiger partial charge in [0.05, 0.1) is 11.0 Å².